The lowest BCUT2D eigenvalue weighted by molar-refractivity contribution is 0.660. The number of nitrogens with zero attached hydrogens (tertiary/aromatic N) is 1. The van der Waals surface area contributed by atoms with Crippen molar-refractivity contribution in [2.45, 2.75) is 24.7 Å². The highest BCUT2D eigenvalue weighted by atomic mass is 32.1. The van der Waals surface area contributed by atoms with E-state index in [1.807, 2.05) is 11.3 Å². The molecule has 1 aromatic heterocycles. The van der Waals surface area contributed by atoms with Gasteiger partial charge in [-0.05, 0) is 144 Å². The topological polar surface area (TPSA) is 3.24 Å². The highest BCUT2D eigenvalue weighted by molar-refractivity contribution is 7.25. The van der Waals surface area contributed by atoms with Gasteiger partial charge >= 0.3 is 0 Å². The van der Waals surface area contributed by atoms with E-state index in [1.54, 1.807) is 0 Å². The third-order valence-electron chi connectivity index (χ3n) is 15.1. The molecule has 0 fully saturated rings. The van der Waals surface area contributed by atoms with Crippen molar-refractivity contribution in [3.63, 3.8) is 0 Å². The maximum atomic E-state index is 2.55. The van der Waals surface area contributed by atoms with Gasteiger partial charge < -0.3 is 4.90 Å². The Bertz CT molecular complexity index is 3800. The van der Waals surface area contributed by atoms with Crippen molar-refractivity contribution in [3.05, 3.63) is 258 Å². The van der Waals surface area contributed by atoms with Crippen LogP contribution in [-0.2, 0) is 10.8 Å². The first-order valence-electron chi connectivity index (χ1n) is 23.1. The van der Waals surface area contributed by atoms with Crippen LogP contribution >= 0.6 is 11.3 Å². The molecule has 66 heavy (non-hydrogen) atoms. The molecule has 1 heterocycles. The van der Waals surface area contributed by atoms with E-state index in [1.165, 1.54) is 109 Å². The summed E-state index contributed by atoms with van der Waals surface area (Å²) in [5.41, 5.74) is 23.4. The molecule has 0 aliphatic heterocycles. The highest BCUT2D eigenvalue weighted by Crippen LogP contribution is 2.63. The maximum absolute atomic E-state index is 2.55. The van der Waals surface area contributed by atoms with Gasteiger partial charge in [-0.2, -0.15) is 0 Å². The SMILES string of the molecule is CC1(C)c2ccccc2-c2ccc(N(c3ccc(-c4ccccc4)cc3)c3ccc4c(c3)-c3ccccc3-c3ccccc3C43c4ccccc4-c4cc5sc6ccccc6c5cc43)cc21. The van der Waals surface area contributed by atoms with E-state index >= 15 is 0 Å². The number of rotatable bonds is 4. The van der Waals surface area contributed by atoms with E-state index in [0.29, 0.717) is 0 Å². The number of benzene rings is 10. The van der Waals surface area contributed by atoms with Gasteiger partial charge in [-0.25, -0.2) is 0 Å². The molecule has 0 saturated carbocycles. The van der Waals surface area contributed by atoms with E-state index in [4.69, 9.17) is 0 Å². The van der Waals surface area contributed by atoms with Gasteiger partial charge in [0.2, 0.25) is 0 Å². The third kappa shape index (κ3) is 5.11. The lowest BCUT2D eigenvalue weighted by atomic mass is 9.65. The molecule has 11 aromatic rings. The quantitative estimate of drug-likeness (QED) is 0.170. The molecule has 10 aromatic carbocycles. The second-order valence-corrected chi connectivity index (χ2v) is 19.8. The van der Waals surface area contributed by atoms with E-state index in [2.05, 4.69) is 243 Å². The fraction of sp³-hybridized carbons (Fsp3) is 0.0625. The zero-order valence-electron chi connectivity index (χ0n) is 36.7. The summed E-state index contributed by atoms with van der Waals surface area (Å²) in [7, 11) is 0. The van der Waals surface area contributed by atoms with Crippen molar-refractivity contribution < 1.29 is 0 Å². The molecule has 2 heteroatoms. The summed E-state index contributed by atoms with van der Waals surface area (Å²) in [5.74, 6) is 0. The Morgan fingerprint density at radius 1 is 0.303 bits per heavy atom. The Balaban J connectivity index is 1.05. The number of fused-ring (bicyclic) bond motifs is 18. The van der Waals surface area contributed by atoms with Crippen molar-refractivity contribution in [2.75, 3.05) is 4.90 Å². The van der Waals surface area contributed by atoms with Gasteiger partial charge in [0.05, 0.1) is 5.41 Å². The summed E-state index contributed by atoms with van der Waals surface area (Å²) in [6.07, 6.45) is 0. The summed E-state index contributed by atoms with van der Waals surface area (Å²) in [6, 6.07) is 84.8. The zero-order chi connectivity index (χ0) is 43.7. The van der Waals surface area contributed by atoms with Crippen LogP contribution in [0.5, 0.6) is 0 Å². The molecule has 0 radical (unpaired) electrons. The van der Waals surface area contributed by atoms with E-state index in [0.717, 1.165) is 17.1 Å². The minimum Gasteiger partial charge on any atom is -0.310 e. The monoisotopic (exact) mass is 857 g/mol. The predicted molar refractivity (Wildman–Crippen MR) is 279 cm³/mol. The summed E-state index contributed by atoms with van der Waals surface area (Å²) in [6.45, 7) is 4.75. The van der Waals surface area contributed by atoms with Crippen LogP contribution in [0, 0.1) is 0 Å². The first-order valence-corrected chi connectivity index (χ1v) is 23.9. The fourth-order valence-corrected chi connectivity index (χ4v) is 13.3. The Kier molecular flexibility index (Phi) is 7.89. The van der Waals surface area contributed by atoms with Crippen LogP contribution in [0.4, 0.5) is 17.1 Å². The zero-order valence-corrected chi connectivity index (χ0v) is 37.5. The van der Waals surface area contributed by atoms with Crippen LogP contribution in [0.3, 0.4) is 0 Å². The molecule has 1 atom stereocenters. The molecule has 3 aliphatic rings. The standard InChI is InChI=1S/C64H43NS/c1-63(2)55-24-12-8-21-48(55)50-34-32-44(37-59(50)63)65(42-30-28-41(29-31-42)40-16-4-3-5-17-40)43-33-35-58-52(36-43)46-19-7-6-18-45(46)47-20-9-13-25-56(47)64(58)57-26-14-10-22-49(57)53-39-62-54(38-60(53)64)51-23-11-15-27-61(51)66-62/h3-39H,1-2H3. The summed E-state index contributed by atoms with van der Waals surface area (Å²) in [5, 5.41) is 2.65. The van der Waals surface area contributed by atoms with E-state index in [9.17, 15) is 0 Å². The van der Waals surface area contributed by atoms with Crippen LogP contribution < -0.4 is 4.90 Å². The molecular weight excluding hydrogens is 815 g/mol. The highest BCUT2D eigenvalue weighted by Gasteiger charge is 2.50. The first-order chi connectivity index (χ1) is 32.5. The Morgan fingerprint density at radius 2 is 0.803 bits per heavy atom. The molecule has 0 N–H and O–H groups in total. The van der Waals surface area contributed by atoms with E-state index < -0.39 is 5.41 Å². The number of hydrogen-bond donors (Lipinski definition) is 0. The van der Waals surface area contributed by atoms with Crippen molar-refractivity contribution in [2.24, 2.45) is 0 Å². The van der Waals surface area contributed by atoms with Crippen LogP contribution in [0.1, 0.15) is 47.2 Å². The Morgan fingerprint density at radius 3 is 1.55 bits per heavy atom. The number of hydrogen-bond acceptors (Lipinski definition) is 2. The minimum absolute atomic E-state index is 0.141. The predicted octanol–water partition coefficient (Wildman–Crippen LogP) is 17.5. The van der Waals surface area contributed by atoms with Crippen molar-refractivity contribution in [1.29, 1.82) is 0 Å². The fourth-order valence-electron chi connectivity index (χ4n) is 12.2. The van der Waals surface area contributed by atoms with Crippen molar-refractivity contribution in [3.8, 4) is 55.6 Å². The summed E-state index contributed by atoms with van der Waals surface area (Å²) >= 11 is 1.90. The summed E-state index contributed by atoms with van der Waals surface area (Å²) in [4.78, 5) is 2.49. The van der Waals surface area contributed by atoms with Gasteiger partial charge in [0.25, 0.3) is 0 Å². The van der Waals surface area contributed by atoms with Gasteiger partial charge in [0.15, 0.2) is 0 Å². The molecule has 3 aliphatic carbocycles. The maximum Gasteiger partial charge on any atom is 0.0725 e. The van der Waals surface area contributed by atoms with Gasteiger partial charge in [0, 0.05) is 42.6 Å². The van der Waals surface area contributed by atoms with Gasteiger partial charge in [-0.3, -0.25) is 0 Å². The molecule has 14 rings (SSSR count). The van der Waals surface area contributed by atoms with Crippen molar-refractivity contribution >= 4 is 48.6 Å². The molecule has 1 nitrogen and oxygen atoms in total. The van der Waals surface area contributed by atoms with Crippen LogP contribution in [0.25, 0.3) is 75.8 Å². The average molecular weight is 858 g/mol. The van der Waals surface area contributed by atoms with Gasteiger partial charge in [-0.15, -0.1) is 11.3 Å². The molecular formula is C64H43NS. The second kappa shape index (κ2) is 13.9. The summed E-state index contributed by atoms with van der Waals surface area (Å²) < 4.78 is 2.66. The van der Waals surface area contributed by atoms with Crippen LogP contribution in [0.2, 0.25) is 0 Å². The third-order valence-corrected chi connectivity index (χ3v) is 16.2. The average Bonchev–Trinajstić information content (AvgIpc) is 3.93. The first kappa shape index (κ1) is 37.6. The second-order valence-electron chi connectivity index (χ2n) is 18.8. The largest absolute Gasteiger partial charge is 0.310 e. The Labute approximate surface area is 389 Å². The lowest BCUT2D eigenvalue weighted by Crippen LogP contribution is -2.29. The molecule has 0 saturated heterocycles. The van der Waals surface area contributed by atoms with E-state index in [-0.39, 0.29) is 5.41 Å². The molecule has 1 spiro atoms. The molecule has 0 amide bonds. The Hall–Kier alpha value is -7.78. The number of thiophene rings is 1. The van der Waals surface area contributed by atoms with Gasteiger partial charge in [-0.1, -0.05) is 184 Å². The minimum atomic E-state index is -0.585. The normalized spacial score (nSPS) is 15.6. The van der Waals surface area contributed by atoms with Crippen molar-refractivity contribution in [1.82, 2.24) is 0 Å². The number of anilines is 3. The van der Waals surface area contributed by atoms with Crippen LogP contribution in [0.15, 0.2) is 224 Å². The smallest absolute Gasteiger partial charge is 0.0725 e. The lowest BCUT2D eigenvalue weighted by Gasteiger charge is -2.36. The molecule has 0 bridgehead atoms. The molecule has 1 unspecified atom stereocenters. The molecule has 310 valence electrons. The van der Waals surface area contributed by atoms with Crippen LogP contribution in [-0.4, -0.2) is 0 Å². The van der Waals surface area contributed by atoms with Gasteiger partial charge in [0.1, 0.15) is 0 Å².